The van der Waals surface area contributed by atoms with Crippen molar-refractivity contribution in [3.8, 4) is 0 Å². The minimum Gasteiger partial charge on any atom is -0.478 e. The lowest BCUT2D eigenvalue weighted by Gasteiger charge is -2.25. The van der Waals surface area contributed by atoms with Crippen LogP contribution in [-0.2, 0) is 0 Å². The summed E-state index contributed by atoms with van der Waals surface area (Å²) in [4.78, 5) is 13.1. The summed E-state index contributed by atoms with van der Waals surface area (Å²) in [5.74, 6) is -0.928. The Morgan fingerprint density at radius 2 is 2.06 bits per heavy atom. The number of aryl methyl sites for hydroxylation is 1. The maximum Gasteiger partial charge on any atom is 0.337 e. The van der Waals surface area contributed by atoms with Crippen LogP contribution in [0.25, 0.3) is 0 Å². The predicted molar refractivity (Wildman–Crippen MR) is 67.7 cm³/mol. The first kappa shape index (κ1) is 13.5. The van der Waals surface area contributed by atoms with Crippen LogP contribution in [-0.4, -0.2) is 35.9 Å². The average molecular weight is 237 g/mol. The van der Waals surface area contributed by atoms with Gasteiger partial charge in [-0.25, -0.2) is 4.79 Å². The number of aliphatic hydroxyl groups excluding tert-OH is 1. The molecule has 1 aromatic carbocycles. The SMILES string of the molecule is CCCN(CCO)c1ccc(C)cc1C(=O)O. The number of hydrogen-bond donors (Lipinski definition) is 2. The molecule has 0 aromatic heterocycles. The molecule has 0 saturated heterocycles. The Bertz CT molecular complexity index is 384. The molecule has 0 atom stereocenters. The Kier molecular flexibility index (Phi) is 4.97. The molecule has 0 amide bonds. The van der Waals surface area contributed by atoms with Gasteiger partial charge in [0.05, 0.1) is 17.9 Å². The zero-order chi connectivity index (χ0) is 12.8. The van der Waals surface area contributed by atoms with Gasteiger partial charge in [0, 0.05) is 13.1 Å². The zero-order valence-electron chi connectivity index (χ0n) is 10.3. The number of carboxylic acid groups (broad SMARTS) is 1. The second kappa shape index (κ2) is 6.25. The van der Waals surface area contributed by atoms with Gasteiger partial charge in [0.1, 0.15) is 0 Å². The van der Waals surface area contributed by atoms with E-state index in [4.69, 9.17) is 5.11 Å². The molecule has 1 aromatic rings. The highest BCUT2D eigenvalue weighted by Gasteiger charge is 2.15. The highest BCUT2D eigenvalue weighted by atomic mass is 16.4. The molecule has 4 nitrogen and oxygen atoms in total. The summed E-state index contributed by atoms with van der Waals surface area (Å²) in [7, 11) is 0. The molecule has 0 fully saturated rings. The summed E-state index contributed by atoms with van der Waals surface area (Å²) in [6.07, 6.45) is 0.910. The molecule has 0 bridgehead atoms. The Labute approximate surface area is 101 Å². The van der Waals surface area contributed by atoms with E-state index in [1.54, 1.807) is 6.07 Å². The normalized spacial score (nSPS) is 10.3. The molecular formula is C13H19NO3. The van der Waals surface area contributed by atoms with Crippen LogP contribution in [0.5, 0.6) is 0 Å². The molecule has 0 aliphatic heterocycles. The van der Waals surface area contributed by atoms with Gasteiger partial charge in [-0.05, 0) is 25.5 Å². The number of hydrogen-bond acceptors (Lipinski definition) is 3. The third kappa shape index (κ3) is 3.46. The van der Waals surface area contributed by atoms with E-state index in [2.05, 4.69) is 0 Å². The summed E-state index contributed by atoms with van der Waals surface area (Å²) < 4.78 is 0. The fraction of sp³-hybridized carbons (Fsp3) is 0.462. The maximum absolute atomic E-state index is 11.2. The molecular weight excluding hydrogens is 218 g/mol. The lowest BCUT2D eigenvalue weighted by atomic mass is 10.1. The smallest absolute Gasteiger partial charge is 0.337 e. The molecule has 2 N–H and O–H groups in total. The van der Waals surface area contributed by atoms with Crippen molar-refractivity contribution in [2.45, 2.75) is 20.3 Å². The molecule has 4 heteroatoms. The van der Waals surface area contributed by atoms with Gasteiger partial charge in [-0.15, -0.1) is 0 Å². The Morgan fingerprint density at radius 1 is 1.35 bits per heavy atom. The topological polar surface area (TPSA) is 60.8 Å². The number of nitrogens with zero attached hydrogens (tertiary/aromatic N) is 1. The summed E-state index contributed by atoms with van der Waals surface area (Å²) in [5.41, 5.74) is 1.90. The van der Waals surface area contributed by atoms with Gasteiger partial charge in [-0.3, -0.25) is 0 Å². The van der Waals surface area contributed by atoms with Crippen LogP contribution >= 0.6 is 0 Å². The van der Waals surface area contributed by atoms with Crippen molar-refractivity contribution >= 4 is 11.7 Å². The van der Waals surface area contributed by atoms with E-state index in [9.17, 15) is 9.90 Å². The van der Waals surface area contributed by atoms with E-state index in [0.717, 1.165) is 18.5 Å². The maximum atomic E-state index is 11.2. The van der Waals surface area contributed by atoms with Gasteiger partial charge in [0.15, 0.2) is 0 Å². The first-order chi connectivity index (χ1) is 8.10. The number of aliphatic hydroxyl groups is 1. The number of carboxylic acids is 1. The van der Waals surface area contributed by atoms with Gasteiger partial charge in [0.2, 0.25) is 0 Å². The van der Waals surface area contributed by atoms with Crippen molar-refractivity contribution in [3.63, 3.8) is 0 Å². The second-order valence-corrected chi connectivity index (χ2v) is 4.04. The van der Waals surface area contributed by atoms with Gasteiger partial charge in [-0.2, -0.15) is 0 Å². The molecule has 1 rings (SSSR count). The molecule has 0 spiro atoms. The molecule has 0 radical (unpaired) electrons. The van der Waals surface area contributed by atoms with Crippen molar-refractivity contribution in [2.24, 2.45) is 0 Å². The van der Waals surface area contributed by atoms with E-state index in [1.807, 2.05) is 30.9 Å². The highest BCUT2D eigenvalue weighted by Crippen LogP contribution is 2.22. The van der Waals surface area contributed by atoms with E-state index in [0.29, 0.717) is 17.8 Å². The predicted octanol–water partition coefficient (Wildman–Crippen LogP) is 1.90. The van der Waals surface area contributed by atoms with Gasteiger partial charge in [0.25, 0.3) is 0 Å². The lowest BCUT2D eigenvalue weighted by molar-refractivity contribution is 0.0697. The first-order valence-corrected chi connectivity index (χ1v) is 5.80. The lowest BCUT2D eigenvalue weighted by Crippen LogP contribution is -2.29. The fourth-order valence-electron chi connectivity index (χ4n) is 1.84. The van der Waals surface area contributed by atoms with Crippen molar-refractivity contribution < 1.29 is 15.0 Å². The van der Waals surface area contributed by atoms with Crippen LogP contribution in [0.3, 0.4) is 0 Å². The molecule has 94 valence electrons. The third-order valence-corrected chi connectivity index (χ3v) is 2.59. The number of anilines is 1. The van der Waals surface area contributed by atoms with Crippen molar-refractivity contribution in [3.05, 3.63) is 29.3 Å². The number of carbonyl (C=O) groups is 1. The molecule has 17 heavy (non-hydrogen) atoms. The summed E-state index contributed by atoms with van der Waals surface area (Å²) in [6, 6.07) is 5.36. The van der Waals surface area contributed by atoms with Crippen LogP contribution < -0.4 is 4.90 Å². The minimum absolute atomic E-state index is 0.0208. The van der Waals surface area contributed by atoms with Crippen LogP contribution in [0.15, 0.2) is 18.2 Å². The van der Waals surface area contributed by atoms with Crippen molar-refractivity contribution in [1.29, 1.82) is 0 Å². The van der Waals surface area contributed by atoms with E-state index >= 15 is 0 Å². The Balaban J connectivity index is 3.12. The standard InChI is InChI=1S/C13H19NO3/c1-3-6-14(7-8-15)12-5-4-10(2)9-11(12)13(16)17/h4-5,9,15H,3,6-8H2,1-2H3,(H,16,17). The Morgan fingerprint density at radius 3 is 2.59 bits per heavy atom. The minimum atomic E-state index is -0.928. The summed E-state index contributed by atoms with van der Waals surface area (Å²) in [6.45, 7) is 5.11. The van der Waals surface area contributed by atoms with E-state index in [-0.39, 0.29) is 6.61 Å². The second-order valence-electron chi connectivity index (χ2n) is 4.04. The monoisotopic (exact) mass is 237 g/mol. The quantitative estimate of drug-likeness (QED) is 0.793. The number of aromatic carboxylic acids is 1. The van der Waals surface area contributed by atoms with Gasteiger partial charge < -0.3 is 15.1 Å². The van der Waals surface area contributed by atoms with Gasteiger partial charge >= 0.3 is 5.97 Å². The van der Waals surface area contributed by atoms with E-state index in [1.165, 1.54) is 0 Å². The Hall–Kier alpha value is -1.55. The molecule has 0 saturated carbocycles. The van der Waals surface area contributed by atoms with Crippen LogP contribution in [0.1, 0.15) is 29.3 Å². The van der Waals surface area contributed by atoms with Crippen LogP contribution in [0, 0.1) is 6.92 Å². The highest BCUT2D eigenvalue weighted by molar-refractivity contribution is 5.94. The molecule has 0 aliphatic rings. The average Bonchev–Trinajstić information content (AvgIpc) is 2.28. The summed E-state index contributed by atoms with van der Waals surface area (Å²) >= 11 is 0. The zero-order valence-corrected chi connectivity index (χ0v) is 10.3. The number of rotatable bonds is 6. The number of benzene rings is 1. The van der Waals surface area contributed by atoms with Crippen LogP contribution in [0.2, 0.25) is 0 Å². The molecule has 0 heterocycles. The molecule has 0 aliphatic carbocycles. The van der Waals surface area contributed by atoms with Crippen molar-refractivity contribution in [2.75, 3.05) is 24.6 Å². The summed E-state index contributed by atoms with van der Waals surface area (Å²) in [5, 5.41) is 18.2. The van der Waals surface area contributed by atoms with Crippen molar-refractivity contribution in [1.82, 2.24) is 0 Å². The van der Waals surface area contributed by atoms with Gasteiger partial charge in [-0.1, -0.05) is 18.6 Å². The van der Waals surface area contributed by atoms with Crippen LogP contribution in [0.4, 0.5) is 5.69 Å². The fourth-order valence-corrected chi connectivity index (χ4v) is 1.84. The third-order valence-electron chi connectivity index (χ3n) is 2.59. The molecule has 0 unspecified atom stereocenters. The van der Waals surface area contributed by atoms with E-state index < -0.39 is 5.97 Å². The first-order valence-electron chi connectivity index (χ1n) is 5.80. The largest absolute Gasteiger partial charge is 0.478 e.